The largest absolute Gasteiger partial charge is 0.355 e. The zero-order valence-electron chi connectivity index (χ0n) is 11.6. The highest BCUT2D eigenvalue weighted by Crippen LogP contribution is 2.29. The van der Waals surface area contributed by atoms with Crippen LogP contribution in [0.2, 0.25) is 0 Å². The standard InChI is InChI=1S/C19H17N/c1-3-8-16-17-12-11-15(14-9-6-5-7-10-14)13-19(17)20-18(16)4-2/h3-13,20H,2H2,1H3/b8-3-. The quantitative estimate of drug-likeness (QED) is 0.638. The number of H-pyrrole nitrogens is 1. The predicted octanol–water partition coefficient (Wildman–Crippen LogP) is 5.51. The minimum Gasteiger partial charge on any atom is -0.355 e. The normalized spacial score (nSPS) is 11.2. The molecule has 1 N–H and O–H groups in total. The van der Waals surface area contributed by atoms with Crippen molar-refractivity contribution in [3.63, 3.8) is 0 Å². The van der Waals surface area contributed by atoms with Crippen LogP contribution in [0.25, 0.3) is 34.2 Å². The topological polar surface area (TPSA) is 15.8 Å². The first-order valence-corrected chi connectivity index (χ1v) is 6.79. The van der Waals surface area contributed by atoms with E-state index in [1.165, 1.54) is 22.1 Å². The predicted molar refractivity (Wildman–Crippen MR) is 88.5 cm³/mol. The maximum absolute atomic E-state index is 3.88. The number of allylic oxidation sites excluding steroid dienone is 1. The molecule has 0 spiro atoms. The van der Waals surface area contributed by atoms with E-state index in [1.54, 1.807) is 0 Å². The molecule has 3 aromatic rings. The van der Waals surface area contributed by atoms with Crippen molar-refractivity contribution in [1.29, 1.82) is 0 Å². The molecule has 3 rings (SSSR count). The number of aromatic amines is 1. The second-order valence-corrected chi connectivity index (χ2v) is 4.78. The van der Waals surface area contributed by atoms with Crippen LogP contribution in [0, 0.1) is 0 Å². The summed E-state index contributed by atoms with van der Waals surface area (Å²) < 4.78 is 0. The monoisotopic (exact) mass is 259 g/mol. The van der Waals surface area contributed by atoms with Gasteiger partial charge in [-0.05, 0) is 30.2 Å². The third-order valence-electron chi connectivity index (χ3n) is 3.51. The summed E-state index contributed by atoms with van der Waals surface area (Å²) >= 11 is 0. The number of hydrogen-bond acceptors (Lipinski definition) is 0. The van der Waals surface area contributed by atoms with Gasteiger partial charge in [-0.2, -0.15) is 0 Å². The highest BCUT2D eigenvalue weighted by molar-refractivity contribution is 5.95. The fourth-order valence-electron chi connectivity index (χ4n) is 2.56. The van der Waals surface area contributed by atoms with Gasteiger partial charge in [0.15, 0.2) is 0 Å². The van der Waals surface area contributed by atoms with Gasteiger partial charge in [0, 0.05) is 22.2 Å². The summed E-state index contributed by atoms with van der Waals surface area (Å²) in [5.74, 6) is 0. The minimum absolute atomic E-state index is 1.07. The van der Waals surface area contributed by atoms with Crippen molar-refractivity contribution in [2.45, 2.75) is 6.92 Å². The molecule has 0 aliphatic heterocycles. The molecule has 1 heteroatoms. The Bertz CT molecular complexity index is 776. The van der Waals surface area contributed by atoms with Gasteiger partial charge >= 0.3 is 0 Å². The van der Waals surface area contributed by atoms with Gasteiger partial charge in [0.1, 0.15) is 0 Å². The van der Waals surface area contributed by atoms with Gasteiger partial charge in [0.05, 0.1) is 0 Å². The van der Waals surface area contributed by atoms with Crippen LogP contribution in [0.3, 0.4) is 0 Å². The Labute approximate surface area is 119 Å². The summed E-state index contributed by atoms with van der Waals surface area (Å²) in [4.78, 5) is 3.44. The smallest absolute Gasteiger partial charge is 0.0471 e. The number of rotatable bonds is 3. The Balaban J connectivity index is 2.20. The van der Waals surface area contributed by atoms with Gasteiger partial charge < -0.3 is 4.98 Å². The van der Waals surface area contributed by atoms with Crippen molar-refractivity contribution < 1.29 is 0 Å². The summed E-state index contributed by atoms with van der Waals surface area (Å²) in [7, 11) is 0. The average Bonchev–Trinajstić information content (AvgIpc) is 2.86. The SMILES string of the molecule is C=Cc1[nH]c2cc(-c3ccccc3)ccc2c1/C=C\C. The Kier molecular flexibility index (Phi) is 3.26. The molecule has 0 atom stereocenters. The lowest BCUT2D eigenvalue weighted by atomic mass is 10.0. The number of aromatic nitrogens is 1. The molecule has 98 valence electrons. The van der Waals surface area contributed by atoms with Crippen LogP contribution in [-0.2, 0) is 0 Å². The van der Waals surface area contributed by atoms with Crippen LogP contribution in [0.5, 0.6) is 0 Å². The zero-order valence-corrected chi connectivity index (χ0v) is 11.6. The van der Waals surface area contributed by atoms with E-state index in [0.29, 0.717) is 0 Å². The number of hydrogen-bond donors (Lipinski definition) is 1. The van der Waals surface area contributed by atoms with Crippen LogP contribution >= 0.6 is 0 Å². The van der Waals surface area contributed by atoms with Crippen molar-refractivity contribution in [1.82, 2.24) is 4.98 Å². The molecular weight excluding hydrogens is 242 g/mol. The van der Waals surface area contributed by atoms with Gasteiger partial charge in [-0.1, -0.05) is 61.2 Å². The molecule has 0 saturated heterocycles. The van der Waals surface area contributed by atoms with Gasteiger partial charge in [-0.3, -0.25) is 0 Å². The molecule has 0 aliphatic carbocycles. The molecule has 0 aliphatic rings. The van der Waals surface area contributed by atoms with E-state index in [9.17, 15) is 0 Å². The Morgan fingerprint density at radius 2 is 1.80 bits per heavy atom. The van der Waals surface area contributed by atoms with E-state index >= 15 is 0 Å². The Morgan fingerprint density at radius 1 is 1.00 bits per heavy atom. The fraction of sp³-hybridized carbons (Fsp3) is 0.0526. The summed E-state index contributed by atoms with van der Waals surface area (Å²) in [6.07, 6.45) is 6.05. The summed E-state index contributed by atoms with van der Waals surface area (Å²) in [5.41, 5.74) is 5.88. The van der Waals surface area contributed by atoms with Gasteiger partial charge in [-0.15, -0.1) is 0 Å². The molecule has 0 radical (unpaired) electrons. The van der Waals surface area contributed by atoms with E-state index in [2.05, 4.69) is 66.2 Å². The van der Waals surface area contributed by atoms with Gasteiger partial charge in [0.25, 0.3) is 0 Å². The molecule has 0 bridgehead atoms. The van der Waals surface area contributed by atoms with Crippen molar-refractivity contribution in [3.05, 3.63) is 72.4 Å². The summed E-state index contributed by atoms with van der Waals surface area (Å²) in [6, 6.07) is 17.0. The summed E-state index contributed by atoms with van der Waals surface area (Å²) in [5, 5.41) is 1.23. The maximum atomic E-state index is 3.88. The molecule has 0 amide bonds. The van der Waals surface area contributed by atoms with E-state index in [-0.39, 0.29) is 0 Å². The number of benzene rings is 2. The second kappa shape index (κ2) is 5.22. The molecule has 0 unspecified atom stereocenters. The van der Waals surface area contributed by atoms with Gasteiger partial charge in [-0.25, -0.2) is 0 Å². The number of fused-ring (bicyclic) bond motifs is 1. The van der Waals surface area contributed by atoms with E-state index in [4.69, 9.17) is 0 Å². The van der Waals surface area contributed by atoms with Crippen molar-refractivity contribution in [2.75, 3.05) is 0 Å². The van der Waals surface area contributed by atoms with Crippen LogP contribution < -0.4 is 0 Å². The second-order valence-electron chi connectivity index (χ2n) is 4.78. The minimum atomic E-state index is 1.07. The molecular formula is C19H17N. The van der Waals surface area contributed by atoms with Crippen LogP contribution in [0.1, 0.15) is 18.2 Å². The third-order valence-corrected chi connectivity index (χ3v) is 3.51. The molecule has 1 heterocycles. The zero-order chi connectivity index (χ0) is 13.9. The Morgan fingerprint density at radius 3 is 2.50 bits per heavy atom. The highest BCUT2D eigenvalue weighted by Gasteiger charge is 2.07. The molecule has 0 saturated carbocycles. The van der Waals surface area contributed by atoms with Gasteiger partial charge in [0.2, 0.25) is 0 Å². The van der Waals surface area contributed by atoms with Crippen molar-refractivity contribution >= 4 is 23.1 Å². The lowest BCUT2D eigenvalue weighted by Crippen LogP contribution is -1.77. The first kappa shape index (κ1) is 12.5. The third kappa shape index (κ3) is 2.08. The highest BCUT2D eigenvalue weighted by atomic mass is 14.7. The maximum Gasteiger partial charge on any atom is 0.0471 e. The molecule has 0 fully saturated rings. The first-order chi connectivity index (χ1) is 9.83. The van der Waals surface area contributed by atoms with Crippen molar-refractivity contribution in [3.8, 4) is 11.1 Å². The van der Waals surface area contributed by atoms with E-state index in [0.717, 1.165) is 11.2 Å². The van der Waals surface area contributed by atoms with Crippen LogP contribution in [0.15, 0.2) is 61.2 Å². The Hall–Kier alpha value is -2.54. The van der Waals surface area contributed by atoms with Crippen LogP contribution in [-0.4, -0.2) is 4.98 Å². The van der Waals surface area contributed by atoms with E-state index < -0.39 is 0 Å². The molecule has 2 aromatic carbocycles. The number of nitrogens with one attached hydrogen (secondary N) is 1. The lowest BCUT2D eigenvalue weighted by Gasteiger charge is -2.01. The van der Waals surface area contributed by atoms with Crippen molar-refractivity contribution in [2.24, 2.45) is 0 Å². The van der Waals surface area contributed by atoms with E-state index in [1.807, 2.05) is 19.1 Å². The van der Waals surface area contributed by atoms with Crippen LogP contribution in [0.4, 0.5) is 0 Å². The first-order valence-electron chi connectivity index (χ1n) is 6.79. The average molecular weight is 259 g/mol. The molecule has 1 aromatic heterocycles. The molecule has 20 heavy (non-hydrogen) atoms. The lowest BCUT2D eigenvalue weighted by molar-refractivity contribution is 1.42. The summed E-state index contributed by atoms with van der Waals surface area (Å²) in [6.45, 7) is 5.92. The fourth-order valence-corrected chi connectivity index (χ4v) is 2.56. The molecule has 1 nitrogen and oxygen atoms in total.